The van der Waals surface area contributed by atoms with E-state index in [1.165, 1.54) is 33.6 Å². The molecule has 0 amide bonds. The summed E-state index contributed by atoms with van der Waals surface area (Å²) in [5.74, 6) is 0. The zero-order valence-electron chi connectivity index (χ0n) is 12.5. The maximum absolute atomic E-state index is 2.44. The Kier molecular flexibility index (Phi) is 2.48. The Balaban J connectivity index is 1.76. The van der Waals surface area contributed by atoms with Gasteiger partial charge in [0.1, 0.15) is 0 Å². The largest absolute Gasteiger partial charge is 0.212 e. The first kappa shape index (κ1) is 12.1. The minimum Gasteiger partial charge on any atom is -0.198 e. The third kappa shape index (κ3) is 1.67. The van der Waals surface area contributed by atoms with E-state index < -0.39 is 0 Å². The number of aryl methyl sites for hydroxylation is 4. The Hall–Kier alpha value is -2.48. The summed E-state index contributed by atoms with van der Waals surface area (Å²) in [6, 6.07) is 17.9. The first-order valence-corrected chi connectivity index (χ1v) is 8.04. The number of rotatable bonds is 0. The van der Waals surface area contributed by atoms with Crippen LogP contribution in [0.1, 0.15) is 11.1 Å². The molecule has 106 valence electrons. The van der Waals surface area contributed by atoms with Gasteiger partial charge in [-0.1, -0.05) is 0 Å². The van der Waals surface area contributed by atoms with Crippen molar-refractivity contribution < 1.29 is 9.13 Å². The van der Waals surface area contributed by atoms with E-state index in [9.17, 15) is 0 Å². The molecule has 0 unspecified atom stereocenters. The van der Waals surface area contributed by atoms with Crippen molar-refractivity contribution in [3.63, 3.8) is 0 Å². The molecular weight excluding hydrogens is 268 g/mol. The average Bonchev–Trinajstić information content (AvgIpc) is 2.60. The molecule has 0 atom stereocenters. The van der Waals surface area contributed by atoms with Gasteiger partial charge >= 0.3 is 0 Å². The van der Waals surface area contributed by atoms with Crippen molar-refractivity contribution in [1.82, 2.24) is 0 Å². The van der Waals surface area contributed by atoms with E-state index in [-0.39, 0.29) is 0 Å². The number of pyridine rings is 2. The van der Waals surface area contributed by atoms with E-state index in [1.807, 2.05) is 0 Å². The molecule has 2 nitrogen and oxygen atoms in total. The summed E-state index contributed by atoms with van der Waals surface area (Å²) < 4.78 is 4.75. The zero-order chi connectivity index (χ0) is 14.5. The minimum atomic E-state index is 1.08. The lowest BCUT2D eigenvalue weighted by atomic mass is 9.88. The fraction of sp³-hybridized carbons (Fsp3) is 0.200. The van der Waals surface area contributed by atoms with Crippen LogP contribution in [0.15, 0.2) is 60.9 Å². The van der Waals surface area contributed by atoms with Crippen LogP contribution in [-0.4, -0.2) is 0 Å². The Morgan fingerprint density at radius 3 is 1.64 bits per heavy atom. The van der Waals surface area contributed by atoms with Gasteiger partial charge in [0.2, 0.25) is 11.4 Å². The Bertz CT molecular complexity index is 821. The third-order valence-electron chi connectivity index (χ3n) is 5.01. The first-order valence-electron chi connectivity index (χ1n) is 8.04. The second-order valence-electron chi connectivity index (χ2n) is 6.23. The molecule has 0 fully saturated rings. The minimum absolute atomic E-state index is 1.08. The summed E-state index contributed by atoms with van der Waals surface area (Å²) in [5.41, 5.74) is 8.55. The van der Waals surface area contributed by atoms with Crippen LogP contribution < -0.4 is 9.13 Å². The predicted molar refractivity (Wildman–Crippen MR) is 85.1 cm³/mol. The Morgan fingerprint density at radius 1 is 0.636 bits per heavy atom. The Labute approximate surface area is 130 Å². The van der Waals surface area contributed by atoms with Crippen LogP contribution in [-0.2, 0) is 25.9 Å². The van der Waals surface area contributed by atoms with Gasteiger partial charge in [-0.2, -0.15) is 9.13 Å². The van der Waals surface area contributed by atoms with Crippen LogP contribution in [0, 0.1) is 0 Å². The zero-order valence-corrected chi connectivity index (χ0v) is 12.5. The van der Waals surface area contributed by atoms with Crippen molar-refractivity contribution in [2.45, 2.75) is 25.9 Å². The van der Waals surface area contributed by atoms with Crippen molar-refractivity contribution >= 4 is 0 Å². The molecule has 4 heterocycles. The molecule has 0 radical (unpaired) electrons. The van der Waals surface area contributed by atoms with Crippen molar-refractivity contribution in [3.8, 4) is 22.5 Å². The van der Waals surface area contributed by atoms with Crippen LogP contribution >= 0.6 is 0 Å². The van der Waals surface area contributed by atoms with Gasteiger partial charge in [-0.3, -0.25) is 0 Å². The van der Waals surface area contributed by atoms with E-state index in [1.54, 1.807) is 0 Å². The van der Waals surface area contributed by atoms with E-state index in [0.717, 1.165) is 25.9 Å². The van der Waals surface area contributed by atoms with Gasteiger partial charge in [0.25, 0.3) is 0 Å². The maximum atomic E-state index is 2.44. The quantitative estimate of drug-likeness (QED) is 0.561. The summed E-state index contributed by atoms with van der Waals surface area (Å²) in [6.45, 7) is 2.16. The van der Waals surface area contributed by atoms with E-state index in [0.29, 0.717) is 0 Å². The van der Waals surface area contributed by atoms with Crippen LogP contribution in [0.3, 0.4) is 0 Å². The molecule has 1 aromatic carbocycles. The fourth-order valence-corrected chi connectivity index (χ4v) is 3.89. The van der Waals surface area contributed by atoms with E-state index in [2.05, 4.69) is 70.1 Å². The molecule has 0 N–H and O–H groups in total. The normalized spacial score (nSPS) is 14.5. The highest BCUT2D eigenvalue weighted by Crippen LogP contribution is 2.33. The molecule has 0 saturated heterocycles. The molecule has 2 aliphatic rings. The summed E-state index contributed by atoms with van der Waals surface area (Å²) in [6.07, 6.45) is 6.64. The number of hydrogen-bond donors (Lipinski definition) is 0. The van der Waals surface area contributed by atoms with Gasteiger partial charge in [0.05, 0.1) is 0 Å². The third-order valence-corrected chi connectivity index (χ3v) is 5.01. The number of aromatic nitrogens is 2. The summed E-state index contributed by atoms with van der Waals surface area (Å²) in [7, 11) is 0. The molecule has 0 bridgehead atoms. The van der Waals surface area contributed by atoms with Crippen LogP contribution in [0.2, 0.25) is 0 Å². The number of nitrogens with zero attached hydrogens (tertiary/aromatic N) is 2. The lowest BCUT2D eigenvalue weighted by Crippen LogP contribution is -2.41. The lowest BCUT2D eigenvalue weighted by molar-refractivity contribution is -0.688. The van der Waals surface area contributed by atoms with Gasteiger partial charge in [0.15, 0.2) is 25.5 Å². The first-order chi connectivity index (χ1) is 10.9. The van der Waals surface area contributed by atoms with Crippen LogP contribution in [0.5, 0.6) is 0 Å². The topological polar surface area (TPSA) is 7.76 Å². The van der Waals surface area contributed by atoms with Crippen molar-refractivity contribution in [2.75, 3.05) is 0 Å². The van der Waals surface area contributed by atoms with Crippen molar-refractivity contribution in [2.24, 2.45) is 0 Å². The Morgan fingerprint density at radius 2 is 1.14 bits per heavy atom. The predicted octanol–water partition coefficient (Wildman–Crippen LogP) is 2.71. The molecule has 2 heteroatoms. The fourth-order valence-electron chi connectivity index (χ4n) is 3.89. The van der Waals surface area contributed by atoms with Crippen LogP contribution in [0.25, 0.3) is 22.5 Å². The molecule has 0 spiro atoms. The van der Waals surface area contributed by atoms with Crippen molar-refractivity contribution in [3.05, 3.63) is 72.1 Å². The van der Waals surface area contributed by atoms with Gasteiger partial charge in [-0.25, -0.2) is 0 Å². The van der Waals surface area contributed by atoms with Gasteiger partial charge in [-0.15, -0.1) is 0 Å². The van der Waals surface area contributed by atoms with E-state index >= 15 is 0 Å². The summed E-state index contributed by atoms with van der Waals surface area (Å²) in [4.78, 5) is 0. The molecule has 0 saturated carbocycles. The van der Waals surface area contributed by atoms with E-state index in [4.69, 9.17) is 0 Å². The SMILES string of the molecule is c1cc[n+]2c(c1)-c1cc3c(cc1CC2)-c1cccc[n+]1CC3. The molecule has 3 aromatic rings. The average molecular weight is 286 g/mol. The number of benzene rings is 1. The maximum Gasteiger partial charge on any atom is 0.212 e. The monoisotopic (exact) mass is 286 g/mol. The molecule has 22 heavy (non-hydrogen) atoms. The van der Waals surface area contributed by atoms with Crippen molar-refractivity contribution in [1.29, 1.82) is 0 Å². The molecule has 2 aliphatic heterocycles. The number of hydrogen-bond acceptors (Lipinski definition) is 0. The second-order valence-corrected chi connectivity index (χ2v) is 6.23. The summed E-state index contributed by atoms with van der Waals surface area (Å²) >= 11 is 0. The molecule has 2 aromatic heterocycles. The molecule has 0 aliphatic carbocycles. The van der Waals surface area contributed by atoms with Gasteiger partial charge < -0.3 is 0 Å². The molecular formula is C20H18N2+2. The van der Waals surface area contributed by atoms with Gasteiger partial charge in [0, 0.05) is 48.2 Å². The standard InChI is InChI=1S/C20H18N2/c1-3-9-21-11-7-15-14-18-16(13-17(15)19(21)5-1)8-12-22-10-4-2-6-20(18)22/h1-6,9-10,13-14H,7-8,11-12H2/q+2. The molecule has 5 rings (SSSR count). The smallest absolute Gasteiger partial charge is 0.198 e. The van der Waals surface area contributed by atoms with Gasteiger partial charge in [-0.05, 0) is 35.4 Å². The van der Waals surface area contributed by atoms with Crippen LogP contribution in [0.4, 0.5) is 0 Å². The highest BCUT2D eigenvalue weighted by Gasteiger charge is 2.28. The lowest BCUT2D eigenvalue weighted by Gasteiger charge is -2.20. The number of fused-ring (bicyclic) bond motifs is 6. The second kappa shape index (κ2) is 4.51. The highest BCUT2D eigenvalue weighted by atomic mass is 15.0. The summed E-state index contributed by atoms with van der Waals surface area (Å²) in [5, 5.41) is 0. The highest BCUT2D eigenvalue weighted by molar-refractivity contribution is 5.72.